The fraction of sp³-hybridized carbons (Fsp3) is 0.277. The Morgan fingerprint density at radius 2 is 0.873 bits per heavy atom. The van der Waals surface area contributed by atoms with Crippen molar-refractivity contribution in [2.24, 2.45) is 0 Å². The normalized spacial score (nSPS) is 12.4. The number of carbonyl (C=O) groups excluding carboxylic acids is 1. The van der Waals surface area contributed by atoms with Gasteiger partial charge in [0, 0.05) is 0 Å². The van der Waals surface area contributed by atoms with Gasteiger partial charge in [-0.05, 0) is 133 Å². The first kappa shape index (κ1) is 54.9. The first-order valence-electron chi connectivity index (χ1n) is 25.6. The lowest BCUT2D eigenvalue weighted by atomic mass is 10.00. The number of hydrogen-bond acceptors (Lipinski definition) is 6. The van der Waals surface area contributed by atoms with Crippen LogP contribution in [-0.2, 0) is 35.2 Å². The molecule has 1 N–H and O–H groups in total. The van der Waals surface area contributed by atoms with Crippen molar-refractivity contribution in [1.82, 2.24) is 0 Å². The molecule has 0 spiro atoms. The zero-order valence-electron chi connectivity index (χ0n) is 43.2. The summed E-state index contributed by atoms with van der Waals surface area (Å²) in [5, 5.41) is 18.9. The van der Waals surface area contributed by atoms with Gasteiger partial charge in [0.2, 0.25) is 0 Å². The summed E-state index contributed by atoms with van der Waals surface area (Å²) < 4.78 is 21.8. The molecule has 0 aromatic heterocycles. The summed E-state index contributed by atoms with van der Waals surface area (Å²) in [6, 6.07) is 63.5. The van der Waals surface area contributed by atoms with Crippen LogP contribution < -0.4 is 9.47 Å². The largest absolute Gasteiger partial charge is 0.491 e. The molecular formula is C65H74O6. The van der Waals surface area contributed by atoms with Crippen LogP contribution in [0.2, 0.25) is 0 Å². The minimum Gasteiger partial charge on any atom is -0.491 e. The van der Waals surface area contributed by atoms with Crippen LogP contribution in [0.4, 0.5) is 0 Å². The maximum atomic E-state index is 12.7. The predicted octanol–water partition coefficient (Wildman–Crippen LogP) is 16.0. The Morgan fingerprint density at radius 1 is 0.479 bits per heavy atom. The van der Waals surface area contributed by atoms with E-state index in [1.807, 2.05) is 131 Å². The molecule has 2 unspecified atom stereocenters. The maximum absolute atomic E-state index is 12.7. The monoisotopic (exact) mass is 951 g/mol. The van der Waals surface area contributed by atoms with Gasteiger partial charge in [0.1, 0.15) is 43.5 Å². The van der Waals surface area contributed by atoms with Gasteiger partial charge in [0.25, 0.3) is 0 Å². The molecule has 1 fully saturated rings. The lowest BCUT2D eigenvalue weighted by Gasteiger charge is -2.14. The molecule has 1 aliphatic heterocycles. The van der Waals surface area contributed by atoms with Gasteiger partial charge in [-0.3, -0.25) is 0 Å². The van der Waals surface area contributed by atoms with Gasteiger partial charge >= 0.3 is 5.97 Å². The molecule has 1 heterocycles. The summed E-state index contributed by atoms with van der Waals surface area (Å²) in [6.45, 7) is 18.1. The number of benzene rings is 9. The lowest BCUT2D eigenvalue weighted by molar-refractivity contribution is 0.0132. The van der Waals surface area contributed by atoms with Crippen molar-refractivity contribution in [2.75, 3.05) is 26.4 Å². The fourth-order valence-corrected chi connectivity index (χ4v) is 7.52. The van der Waals surface area contributed by atoms with Crippen LogP contribution in [0.3, 0.4) is 0 Å². The Hall–Kier alpha value is -6.99. The molecule has 2 atom stereocenters. The third kappa shape index (κ3) is 17.4. The molecule has 0 saturated carbocycles. The van der Waals surface area contributed by atoms with Crippen LogP contribution in [0.5, 0.6) is 11.5 Å². The van der Waals surface area contributed by atoms with E-state index in [4.69, 9.17) is 18.9 Å². The number of carbonyl (C=O) groups is 1. The average molecular weight is 951 g/mol. The topological polar surface area (TPSA) is 77.5 Å². The van der Waals surface area contributed by atoms with Crippen molar-refractivity contribution in [3.8, 4) is 11.5 Å². The number of esters is 1. The number of aliphatic hydroxyl groups excluding tert-OH is 1. The van der Waals surface area contributed by atoms with E-state index in [1.165, 1.54) is 33.0 Å². The zero-order chi connectivity index (χ0) is 50.8. The summed E-state index contributed by atoms with van der Waals surface area (Å²) in [7, 11) is 0. The van der Waals surface area contributed by atoms with Crippen LogP contribution in [0.1, 0.15) is 88.0 Å². The van der Waals surface area contributed by atoms with Crippen molar-refractivity contribution in [2.45, 2.75) is 93.3 Å². The third-order valence-electron chi connectivity index (χ3n) is 11.8. The van der Waals surface area contributed by atoms with Crippen LogP contribution in [0.15, 0.2) is 188 Å². The Bertz CT molecular complexity index is 2860. The zero-order valence-corrected chi connectivity index (χ0v) is 43.2. The van der Waals surface area contributed by atoms with Crippen molar-refractivity contribution in [1.29, 1.82) is 0 Å². The molecule has 0 aliphatic carbocycles. The van der Waals surface area contributed by atoms with E-state index in [0.717, 1.165) is 70.4 Å². The molecule has 370 valence electrons. The fourth-order valence-electron chi connectivity index (χ4n) is 7.52. The quantitative estimate of drug-likeness (QED) is 0.0705. The molecule has 10 rings (SSSR count). The van der Waals surface area contributed by atoms with E-state index in [1.54, 1.807) is 6.07 Å². The third-order valence-corrected chi connectivity index (χ3v) is 11.8. The average Bonchev–Trinajstić information content (AvgIpc) is 4.29. The molecule has 1 aliphatic rings. The second-order valence-corrected chi connectivity index (χ2v) is 16.6. The van der Waals surface area contributed by atoms with Crippen LogP contribution in [0, 0.1) is 0 Å². The highest BCUT2D eigenvalue weighted by Crippen LogP contribution is 2.27. The number of epoxide rings is 1. The van der Waals surface area contributed by atoms with E-state index in [-0.39, 0.29) is 13.2 Å². The molecule has 9 aromatic carbocycles. The summed E-state index contributed by atoms with van der Waals surface area (Å²) in [5.74, 6) is 1.12. The molecule has 6 heteroatoms. The van der Waals surface area contributed by atoms with Crippen LogP contribution >= 0.6 is 0 Å². The van der Waals surface area contributed by atoms with E-state index in [9.17, 15) is 9.90 Å². The van der Waals surface area contributed by atoms with Crippen molar-refractivity contribution >= 4 is 49.1 Å². The first-order valence-corrected chi connectivity index (χ1v) is 25.6. The highest BCUT2D eigenvalue weighted by atomic mass is 16.6. The van der Waals surface area contributed by atoms with Gasteiger partial charge in [-0.15, -0.1) is 0 Å². The van der Waals surface area contributed by atoms with Crippen LogP contribution in [0.25, 0.3) is 43.1 Å². The van der Waals surface area contributed by atoms with Crippen LogP contribution in [-0.4, -0.2) is 49.7 Å². The molecule has 0 radical (unpaired) electrons. The van der Waals surface area contributed by atoms with E-state index in [2.05, 4.69) is 107 Å². The SMILES string of the molecule is CC.CC.CCc1ccc(CC)cc1.CCc1ccc(CC)cc1.O=C(OCC(O)COc1ccc2ccccc2c1)c1cccc2cc3ccccc3cc12.c1ccc2cc(OCC3CO3)ccc2c1. The second kappa shape index (κ2) is 29.9. The molecule has 0 amide bonds. The summed E-state index contributed by atoms with van der Waals surface area (Å²) in [4.78, 5) is 12.7. The van der Waals surface area contributed by atoms with Crippen molar-refractivity contribution in [3.05, 3.63) is 216 Å². The smallest absolute Gasteiger partial charge is 0.338 e. The lowest BCUT2D eigenvalue weighted by Crippen LogP contribution is -2.25. The standard InChI is InChI=1S/C28H22O4.C13H12O2.2C10H14.2C2H6/c29-24(17-31-25-13-12-19-6-1-2-8-21(19)15-25)18-32-28(30)26-11-5-10-23-14-20-7-3-4-9-22(20)16-27(23)26;1-2-4-11-7-12(6-5-10(11)3-1)14-8-13-9-15-13;2*1-3-9-5-7-10(4-2)8-6-9;2*1-2/h1-16,24,29H,17-18H2;1-7,13H,8-9H2;2*5-8H,3-4H2,1-2H3;2*1-2H3. The number of ether oxygens (including phenoxy) is 4. The van der Waals surface area contributed by atoms with Gasteiger partial charge in [0.05, 0.1) is 12.2 Å². The van der Waals surface area contributed by atoms with E-state index < -0.39 is 12.1 Å². The van der Waals surface area contributed by atoms with Crippen molar-refractivity contribution < 1.29 is 28.8 Å². The van der Waals surface area contributed by atoms with Gasteiger partial charge in [0.15, 0.2) is 0 Å². The Balaban J connectivity index is 0.000000198. The number of aryl methyl sites for hydroxylation is 4. The number of fused-ring (bicyclic) bond motifs is 4. The van der Waals surface area contributed by atoms with E-state index in [0.29, 0.717) is 24.0 Å². The van der Waals surface area contributed by atoms with E-state index >= 15 is 0 Å². The Labute approximate surface area is 423 Å². The Morgan fingerprint density at radius 3 is 1.31 bits per heavy atom. The predicted molar refractivity (Wildman–Crippen MR) is 299 cm³/mol. The molecule has 1 saturated heterocycles. The molecule has 6 nitrogen and oxygen atoms in total. The van der Waals surface area contributed by atoms with Gasteiger partial charge in [-0.2, -0.15) is 0 Å². The summed E-state index contributed by atoms with van der Waals surface area (Å²) in [6.07, 6.45) is 3.96. The number of aliphatic hydroxyl groups is 1. The van der Waals surface area contributed by atoms with Crippen molar-refractivity contribution in [3.63, 3.8) is 0 Å². The summed E-state index contributed by atoms with van der Waals surface area (Å²) in [5.41, 5.74) is 6.19. The number of rotatable bonds is 13. The highest BCUT2D eigenvalue weighted by Gasteiger charge is 2.23. The van der Waals surface area contributed by atoms with Gasteiger partial charge < -0.3 is 24.1 Å². The first-order chi connectivity index (χ1) is 34.8. The summed E-state index contributed by atoms with van der Waals surface area (Å²) >= 11 is 0. The van der Waals surface area contributed by atoms with Gasteiger partial charge in [-0.25, -0.2) is 4.79 Å². The maximum Gasteiger partial charge on any atom is 0.338 e. The molecule has 0 bridgehead atoms. The molecule has 71 heavy (non-hydrogen) atoms. The highest BCUT2D eigenvalue weighted by molar-refractivity contribution is 6.09. The minimum absolute atomic E-state index is 0.0335. The number of hydrogen-bond donors (Lipinski definition) is 1. The molecule has 9 aromatic rings. The molecular weight excluding hydrogens is 877 g/mol. The minimum atomic E-state index is -0.929. The van der Waals surface area contributed by atoms with Gasteiger partial charge in [-0.1, -0.05) is 201 Å². The Kier molecular flexibility index (Phi) is 23.1. The second-order valence-electron chi connectivity index (χ2n) is 16.6.